The number of ether oxygens (including phenoxy) is 1. The van der Waals surface area contributed by atoms with Crippen LogP contribution < -0.4 is 16.0 Å². The molecule has 2 aliphatic rings. The van der Waals surface area contributed by atoms with Crippen LogP contribution in [0.1, 0.15) is 31.7 Å². The van der Waals surface area contributed by atoms with E-state index in [4.69, 9.17) is 4.74 Å². The Kier molecular flexibility index (Phi) is 4.88. The van der Waals surface area contributed by atoms with Gasteiger partial charge in [-0.2, -0.15) is 5.10 Å². The quantitative estimate of drug-likeness (QED) is 0.552. The smallest absolute Gasteiger partial charge is 0.331 e. The molecule has 1 N–H and O–H groups in total. The van der Waals surface area contributed by atoms with Crippen molar-refractivity contribution in [3.63, 3.8) is 0 Å². The predicted molar refractivity (Wildman–Crippen MR) is 117 cm³/mol. The molecule has 170 valence electrons. The molecule has 0 radical (unpaired) electrons. The van der Waals surface area contributed by atoms with Crippen molar-refractivity contribution >= 4 is 20.9 Å². The molecule has 1 aliphatic carbocycles. The van der Waals surface area contributed by atoms with Crippen LogP contribution in [0.3, 0.4) is 0 Å². The first kappa shape index (κ1) is 21.1. The largest absolute Gasteiger partial charge is 0.376 e. The van der Waals surface area contributed by atoms with Crippen LogP contribution in [0.4, 0.5) is 0 Å². The number of hydrogen-bond donors (Lipinski definition) is 1. The third kappa shape index (κ3) is 3.80. The molecule has 0 amide bonds. The average Bonchev–Trinajstić information content (AvgIpc) is 3.27. The molecule has 10 nitrogen and oxygen atoms in total. The van der Waals surface area contributed by atoms with Crippen molar-refractivity contribution in [3.05, 3.63) is 57.0 Å². The zero-order valence-electron chi connectivity index (χ0n) is 17.9. The lowest BCUT2D eigenvalue weighted by molar-refractivity contribution is -0.0593. The van der Waals surface area contributed by atoms with Gasteiger partial charge in [-0.1, -0.05) is 0 Å². The monoisotopic (exact) mass is 459 g/mol. The van der Waals surface area contributed by atoms with E-state index in [1.165, 1.54) is 22.8 Å². The summed E-state index contributed by atoms with van der Waals surface area (Å²) in [5.74, 6) is 0. The van der Waals surface area contributed by atoms with Crippen molar-refractivity contribution in [3.8, 4) is 0 Å². The van der Waals surface area contributed by atoms with Gasteiger partial charge in [0.05, 0.1) is 41.2 Å². The fourth-order valence-electron chi connectivity index (χ4n) is 3.93. The molecule has 32 heavy (non-hydrogen) atoms. The highest BCUT2D eigenvalue weighted by Crippen LogP contribution is 2.36. The molecule has 1 saturated carbocycles. The van der Waals surface area contributed by atoms with E-state index in [-0.39, 0.29) is 22.9 Å². The number of aromatic nitrogens is 4. The summed E-state index contributed by atoms with van der Waals surface area (Å²) in [4.78, 5) is 26.6. The minimum atomic E-state index is -3.80. The zero-order valence-corrected chi connectivity index (χ0v) is 18.8. The number of hydrogen-bond acceptors (Lipinski definition) is 6. The molecule has 3 heterocycles. The number of nitrogens with one attached hydrogen (secondary N) is 1. The second-order valence-corrected chi connectivity index (χ2v) is 10.6. The molecule has 1 atom stereocenters. The Labute approximate surface area is 184 Å². The summed E-state index contributed by atoms with van der Waals surface area (Å²) in [6.45, 7) is 2.83. The summed E-state index contributed by atoms with van der Waals surface area (Å²) < 4.78 is 38.2. The topological polar surface area (TPSA) is 117 Å². The second-order valence-electron chi connectivity index (χ2n) is 8.93. The van der Waals surface area contributed by atoms with Crippen LogP contribution in [0.5, 0.6) is 0 Å². The van der Waals surface area contributed by atoms with Crippen molar-refractivity contribution in [1.82, 2.24) is 23.6 Å². The second kappa shape index (κ2) is 7.39. The molecule has 1 unspecified atom stereocenters. The van der Waals surface area contributed by atoms with E-state index in [1.807, 2.05) is 6.92 Å². The van der Waals surface area contributed by atoms with Gasteiger partial charge in [0, 0.05) is 31.0 Å². The molecule has 0 spiro atoms. The van der Waals surface area contributed by atoms with Gasteiger partial charge in [-0.05, 0) is 44.4 Å². The number of sulfonamides is 1. The Morgan fingerprint density at radius 1 is 1.25 bits per heavy atom. The highest BCUT2D eigenvalue weighted by molar-refractivity contribution is 7.89. The average molecular weight is 460 g/mol. The Morgan fingerprint density at radius 2 is 2.00 bits per heavy atom. The highest BCUT2D eigenvalue weighted by atomic mass is 32.2. The zero-order chi connectivity index (χ0) is 22.7. The fourth-order valence-corrected chi connectivity index (χ4v) is 5.42. The Balaban J connectivity index is 1.66. The summed E-state index contributed by atoms with van der Waals surface area (Å²) >= 11 is 0. The number of rotatable bonds is 7. The number of benzene rings is 1. The van der Waals surface area contributed by atoms with E-state index < -0.39 is 26.8 Å². The molecule has 11 heteroatoms. The van der Waals surface area contributed by atoms with E-state index in [9.17, 15) is 18.0 Å². The number of fused-ring (bicyclic) bond motifs is 1. The van der Waals surface area contributed by atoms with E-state index in [0.717, 1.165) is 23.8 Å². The summed E-state index contributed by atoms with van der Waals surface area (Å²) in [6.07, 6.45) is 5.59. The minimum Gasteiger partial charge on any atom is -0.376 e. The van der Waals surface area contributed by atoms with Crippen LogP contribution >= 0.6 is 0 Å². The van der Waals surface area contributed by atoms with Gasteiger partial charge in [0.1, 0.15) is 0 Å². The van der Waals surface area contributed by atoms with Crippen LogP contribution in [-0.4, -0.2) is 45.6 Å². The van der Waals surface area contributed by atoms with Crippen LogP contribution in [0, 0.1) is 0 Å². The summed E-state index contributed by atoms with van der Waals surface area (Å²) in [5, 5.41) is 4.28. The Bertz CT molecular complexity index is 1430. The maximum Gasteiger partial charge on any atom is 0.331 e. The van der Waals surface area contributed by atoms with Crippen molar-refractivity contribution in [2.45, 2.75) is 55.8 Å². The lowest BCUT2D eigenvalue weighted by Crippen LogP contribution is -2.44. The van der Waals surface area contributed by atoms with Crippen molar-refractivity contribution < 1.29 is 13.2 Å². The van der Waals surface area contributed by atoms with E-state index in [0.29, 0.717) is 24.2 Å². The molecule has 0 bridgehead atoms. The van der Waals surface area contributed by atoms with Gasteiger partial charge in [0.15, 0.2) is 0 Å². The lowest BCUT2D eigenvalue weighted by Gasteiger charge is -2.27. The summed E-state index contributed by atoms with van der Waals surface area (Å²) in [5.41, 5.74) is -0.330. The van der Waals surface area contributed by atoms with Crippen molar-refractivity contribution in [2.24, 2.45) is 7.05 Å². The molecular weight excluding hydrogens is 434 g/mol. The lowest BCUT2D eigenvalue weighted by atomic mass is 10.1. The van der Waals surface area contributed by atoms with Crippen molar-refractivity contribution in [2.75, 3.05) is 6.61 Å². The van der Waals surface area contributed by atoms with Crippen LogP contribution in [0.15, 0.2) is 45.1 Å². The first-order valence-corrected chi connectivity index (χ1v) is 12.0. The van der Waals surface area contributed by atoms with Gasteiger partial charge in [-0.25, -0.2) is 17.9 Å². The molecule has 1 aliphatic heterocycles. The minimum absolute atomic E-state index is 0.00764. The van der Waals surface area contributed by atoms with E-state index in [2.05, 4.69) is 9.82 Å². The Morgan fingerprint density at radius 3 is 2.59 bits per heavy atom. The molecule has 2 aromatic heterocycles. The van der Waals surface area contributed by atoms with Gasteiger partial charge in [0.2, 0.25) is 10.0 Å². The van der Waals surface area contributed by atoms with Crippen molar-refractivity contribution in [1.29, 1.82) is 0 Å². The SMILES string of the molecule is Cn1cc(Cn2c(=O)c3cc(S(=O)(=O)NC4(C)CC4)ccc3n(CC3CCO3)c2=O)cn1. The fraction of sp³-hybridized carbons (Fsp3) is 0.476. The third-order valence-corrected chi connectivity index (χ3v) is 7.80. The van der Waals surface area contributed by atoms with Gasteiger partial charge >= 0.3 is 5.69 Å². The summed E-state index contributed by atoms with van der Waals surface area (Å²) in [7, 11) is -2.04. The molecule has 2 fully saturated rings. The normalized spacial score (nSPS) is 19.8. The molecule has 3 aromatic rings. The van der Waals surface area contributed by atoms with Crippen LogP contribution in [0.2, 0.25) is 0 Å². The van der Waals surface area contributed by atoms with E-state index >= 15 is 0 Å². The van der Waals surface area contributed by atoms with Gasteiger partial charge in [-0.15, -0.1) is 0 Å². The van der Waals surface area contributed by atoms with Gasteiger partial charge in [-0.3, -0.25) is 18.6 Å². The van der Waals surface area contributed by atoms with Crippen LogP contribution in [0.25, 0.3) is 10.9 Å². The first-order chi connectivity index (χ1) is 15.2. The maximum absolute atomic E-state index is 13.3. The maximum atomic E-state index is 13.3. The van der Waals surface area contributed by atoms with Gasteiger partial charge in [0.25, 0.3) is 5.56 Å². The van der Waals surface area contributed by atoms with Crippen LogP contribution in [-0.2, 0) is 34.9 Å². The molecule has 1 aromatic carbocycles. The van der Waals surface area contributed by atoms with E-state index in [1.54, 1.807) is 24.1 Å². The third-order valence-electron chi connectivity index (χ3n) is 6.17. The summed E-state index contributed by atoms with van der Waals surface area (Å²) in [6, 6.07) is 4.34. The molecular formula is C21H25N5O5S. The molecule has 5 rings (SSSR count). The number of nitrogens with zero attached hydrogens (tertiary/aromatic N) is 4. The number of aryl methyl sites for hydroxylation is 1. The Hall–Kier alpha value is -2.76. The predicted octanol–water partition coefficient (Wildman–Crippen LogP) is 0.565. The molecule has 1 saturated heterocycles. The standard InChI is InChI=1S/C21H25N5O5S/c1-21(6-7-21)23-32(29,30)16-3-4-18-17(9-16)19(27)26(12-14-10-22-24(2)11-14)20(28)25(18)13-15-5-8-31-15/h3-4,9-11,15,23H,5-8,12-13H2,1-2H3. The highest BCUT2D eigenvalue weighted by Gasteiger charge is 2.41. The first-order valence-electron chi connectivity index (χ1n) is 10.6. The van der Waals surface area contributed by atoms with Gasteiger partial charge < -0.3 is 4.74 Å².